The van der Waals surface area contributed by atoms with E-state index in [1.165, 1.54) is 24.5 Å². The van der Waals surface area contributed by atoms with Crippen LogP contribution in [0, 0.1) is 0 Å². The topological polar surface area (TPSA) is 71.2 Å². The van der Waals surface area contributed by atoms with E-state index >= 15 is 0 Å². The van der Waals surface area contributed by atoms with Gasteiger partial charge in [-0.3, -0.25) is 9.59 Å². The van der Waals surface area contributed by atoms with E-state index in [4.69, 9.17) is 0 Å². The van der Waals surface area contributed by atoms with Crippen molar-refractivity contribution < 1.29 is 22.7 Å². The number of halogens is 3. The van der Waals surface area contributed by atoms with Crippen molar-refractivity contribution in [3.8, 4) is 5.75 Å². The number of alkyl halides is 3. The molecule has 0 bridgehead atoms. The van der Waals surface area contributed by atoms with Gasteiger partial charge in [0.05, 0.1) is 0 Å². The lowest BCUT2D eigenvalue weighted by molar-refractivity contribution is -0.274. The summed E-state index contributed by atoms with van der Waals surface area (Å²) in [5, 5.41) is 2.32. The number of pyridine rings is 1. The van der Waals surface area contributed by atoms with E-state index in [0.29, 0.717) is 0 Å². The number of anilines is 1. The van der Waals surface area contributed by atoms with Crippen LogP contribution < -0.4 is 15.5 Å². The van der Waals surface area contributed by atoms with E-state index in [1.54, 1.807) is 0 Å². The minimum Gasteiger partial charge on any atom is -0.406 e. The molecule has 5 nitrogen and oxygen atoms in total. The number of nitrogens with one attached hydrogen (secondary N) is 2. The molecule has 0 aliphatic heterocycles. The van der Waals surface area contributed by atoms with Gasteiger partial charge in [-0.15, -0.1) is 13.2 Å². The fourth-order valence-corrected chi connectivity index (χ4v) is 1.56. The smallest absolute Gasteiger partial charge is 0.406 e. The molecule has 2 aromatic rings. The van der Waals surface area contributed by atoms with Crippen molar-refractivity contribution in [1.29, 1.82) is 0 Å². The maximum atomic E-state index is 12.1. The van der Waals surface area contributed by atoms with Crippen molar-refractivity contribution in [3.63, 3.8) is 0 Å². The Kier molecular flexibility index (Phi) is 3.97. The van der Waals surface area contributed by atoms with Gasteiger partial charge in [-0.05, 0) is 12.1 Å². The molecule has 0 aliphatic rings. The molecule has 0 saturated carbocycles. The standard InChI is InChI=1S/C13H9F3N2O3/c14-13(15,16)21-9-3-1-2-8(6-9)18-12(20)10-7-17-5-4-11(10)19/h1-7H,(H,17,19)(H,18,20). The van der Waals surface area contributed by atoms with Crippen LogP contribution in [0.1, 0.15) is 10.4 Å². The van der Waals surface area contributed by atoms with Crippen molar-refractivity contribution in [2.45, 2.75) is 6.36 Å². The number of hydrogen-bond donors (Lipinski definition) is 2. The van der Waals surface area contributed by atoms with Crippen LogP contribution in [-0.2, 0) is 0 Å². The van der Waals surface area contributed by atoms with Crippen LogP contribution in [0.3, 0.4) is 0 Å². The Balaban J connectivity index is 2.17. The molecule has 1 aromatic carbocycles. The molecule has 1 heterocycles. The Morgan fingerprint density at radius 1 is 1.24 bits per heavy atom. The summed E-state index contributed by atoms with van der Waals surface area (Å²) in [5.41, 5.74) is -0.585. The first kappa shape index (κ1) is 14.6. The Labute approximate surface area is 116 Å². The maximum Gasteiger partial charge on any atom is 0.573 e. The van der Waals surface area contributed by atoms with Gasteiger partial charge in [0.1, 0.15) is 11.3 Å². The highest BCUT2D eigenvalue weighted by atomic mass is 19.4. The Morgan fingerprint density at radius 2 is 2.00 bits per heavy atom. The van der Waals surface area contributed by atoms with Crippen LogP contribution in [0.2, 0.25) is 0 Å². The molecule has 21 heavy (non-hydrogen) atoms. The second-order valence-electron chi connectivity index (χ2n) is 3.95. The fourth-order valence-electron chi connectivity index (χ4n) is 1.56. The molecule has 0 aliphatic carbocycles. The van der Waals surface area contributed by atoms with Gasteiger partial charge in [-0.1, -0.05) is 6.07 Å². The molecule has 110 valence electrons. The lowest BCUT2D eigenvalue weighted by atomic mass is 10.2. The number of aromatic nitrogens is 1. The predicted molar refractivity (Wildman–Crippen MR) is 68.1 cm³/mol. The van der Waals surface area contributed by atoms with Crippen LogP contribution in [0.4, 0.5) is 18.9 Å². The number of rotatable bonds is 3. The zero-order valence-electron chi connectivity index (χ0n) is 10.4. The zero-order valence-corrected chi connectivity index (χ0v) is 10.4. The van der Waals surface area contributed by atoms with E-state index in [2.05, 4.69) is 15.0 Å². The van der Waals surface area contributed by atoms with Gasteiger partial charge in [0.15, 0.2) is 5.43 Å². The summed E-state index contributed by atoms with van der Waals surface area (Å²) in [6, 6.07) is 5.92. The van der Waals surface area contributed by atoms with Crippen molar-refractivity contribution in [2.24, 2.45) is 0 Å². The highest BCUT2D eigenvalue weighted by Crippen LogP contribution is 2.25. The average molecular weight is 298 g/mol. The Bertz CT molecular complexity index is 710. The van der Waals surface area contributed by atoms with Crippen molar-refractivity contribution in [2.75, 3.05) is 5.32 Å². The van der Waals surface area contributed by atoms with Gasteiger partial charge >= 0.3 is 6.36 Å². The summed E-state index contributed by atoms with van der Waals surface area (Å²) in [4.78, 5) is 25.9. The molecule has 0 saturated heterocycles. The van der Waals surface area contributed by atoms with Gasteiger partial charge in [-0.25, -0.2) is 0 Å². The maximum absolute atomic E-state index is 12.1. The van der Waals surface area contributed by atoms with E-state index in [0.717, 1.165) is 18.2 Å². The molecule has 1 aromatic heterocycles. The van der Waals surface area contributed by atoms with Gasteiger partial charge in [0, 0.05) is 30.2 Å². The molecular formula is C13H9F3N2O3. The van der Waals surface area contributed by atoms with Crippen LogP contribution in [0.15, 0.2) is 47.5 Å². The highest BCUT2D eigenvalue weighted by Gasteiger charge is 2.31. The SMILES string of the molecule is O=C(Nc1cccc(OC(F)(F)F)c1)c1c[nH]ccc1=O. The number of benzene rings is 1. The monoisotopic (exact) mass is 298 g/mol. The number of aromatic amines is 1. The van der Waals surface area contributed by atoms with Gasteiger partial charge < -0.3 is 15.0 Å². The first-order valence-corrected chi connectivity index (χ1v) is 5.69. The molecule has 8 heteroatoms. The normalized spacial score (nSPS) is 11.0. The minimum absolute atomic E-state index is 0.0741. The zero-order chi connectivity index (χ0) is 15.5. The lowest BCUT2D eigenvalue weighted by Crippen LogP contribution is -2.21. The fraction of sp³-hybridized carbons (Fsp3) is 0.0769. The summed E-state index contributed by atoms with van der Waals surface area (Å²) >= 11 is 0. The predicted octanol–water partition coefficient (Wildman–Crippen LogP) is 2.53. The largest absolute Gasteiger partial charge is 0.573 e. The third kappa shape index (κ3) is 4.10. The summed E-state index contributed by atoms with van der Waals surface area (Å²) in [5.74, 6) is -1.21. The first-order chi connectivity index (χ1) is 9.85. The number of amides is 1. The second kappa shape index (κ2) is 5.70. The molecule has 1 amide bonds. The van der Waals surface area contributed by atoms with Crippen LogP contribution in [-0.4, -0.2) is 17.3 Å². The third-order valence-electron chi connectivity index (χ3n) is 2.39. The van der Waals surface area contributed by atoms with Crippen LogP contribution in [0.25, 0.3) is 0 Å². The molecule has 0 radical (unpaired) electrons. The number of H-pyrrole nitrogens is 1. The summed E-state index contributed by atoms with van der Waals surface area (Å²) < 4.78 is 40.0. The van der Waals surface area contributed by atoms with Gasteiger partial charge in [0.25, 0.3) is 5.91 Å². The number of carbonyl (C=O) groups is 1. The van der Waals surface area contributed by atoms with E-state index in [9.17, 15) is 22.8 Å². The Morgan fingerprint density at radius 3 is 2.67 bits per heavy atom. The molecule has 2 rings (SSSR count). The van der Waals surface area contributed by atoms with Crippen molar-refractivity contribution in [3.05, 3.63) is 58.5 Å². The van der Waals surface area contributed by atoms with Gasteiger partial charge in [0.2, 0.25) is 0 Å². The number of carbonyl (C=O) groups excluding carboxylic acids is 1. The highest BCUT2D eigenvalue weighted by molar-refractivity contribution is 6.04. The van der Waals surface area contributed by atoms with Gasteiger partial charge in [-0.2, -0.15) is 0 Å². The van der Waals surface area contributed by atoms with Crippen molar-refractivity contribution >= 4 is 11.6 Å². The molecule has 2 N–H and O–H groups in total. The lowest BCUT2D eigenvalue weighted by Gasteiger charge is -2.10. The molecule has 0 unspecified atom stereocenters. The summed E-state index contributed by atoms with van der Waals surface area (Å²) in [6.07, 6.45) is -2.26. The van der Waals surface area contributed by atoms with E-state index in [1.807, 2.05) is 0 Å². The third-order valence-corrected chi connectivity index (χ3v) is 2.39. The summed E-state index contributed by atoms with van der Waals surface area (Å²) in [7, 11) is 0. The molecule has 0 spiro atoms. The van der Waals surface area contributed by atoms with E-state index < -0.39 is 23.4 Å². The van der Waals surface area contributed by atoms with Crippen molar-refractivity contribution in [1.82, 2.24) is 4.98 Å². The molecule has 0 atom stereocenters. The second-order valence-corrected chi connectivity index (χ2v) is 3.95. The molecule has 0 fully saturated rings. The minimum atomic E-state index is -4.82. The van der Waals surface area contributed by atoms with Crippen LogP contribution >= 0.6 is 0 Å². The summed E-state index contributed by atoms with van der Waals surface area (Å²) in [6.45, 7) is 0. The first-order valence-electron chi connectivity index (χ1n) is 5.69. The van der Waals surface area contributed by atoms with Crippen LogP contribution in [0.5, 0.6) is 5.75 Å². The number of hydrogen-bond acceptors (Lipinski definition) is 3. The quantitative estimate of drug-likeness (QED) is 0.914. The average Bonchev–Trinajstić information content (AvgIpc) is 2.37. The Hall–Kier alpha value is -2.77. The molecular weight excluding hydrogens is 289 g/mol. The number of ether oxygens (including phenoxy) is 1. The van der Waals surface area contributed by atoms with E-state index in [-0.39, 0.29) is 11.3 Å².